The number of aliphatic hydroxyl groups is 1. The number of hydrogen-bond acceptors (Lipinski definition) is 4. The molecule has 1 saturated carbocycles. The Hall–Kier alpha value is -2.15. The Balaban J connectivity index is 1.51. The average Bonchev–Trinajstić information content (AvgIpc) is 3.13. The Morgan fingerprint density at radius 1 is 1.21 bits per heavy atom. The molecule has 0 atom stereocenters. The maximum absolute atomic E-state index is 9.50. The lowest BCUT2D eigenvalue weighted by molar-refractivity contribution is 0.137. The van der Waals surface area contributed by atoms with Crippen molar-refractivity contribution in [1.82, 2.24) is 25.2 Å². The fraction of sp³-hybridized carbons (Fsp3) is 0.667. The summed E-state index contributed by atoms with van der Waals surface area (Å²) in [6.45, 7) is 4.81. The molecule has 2 aromatic heterocycles. The first-order chi connectivity index (χ1) is 13.8. The molecule has 2 aromatic rings. The van der Waals surface area contributed by atoms with Gasteiger partial charge in [0.2, 0.25) is 0 Å². The number of aliphatic imine (C=N–C) groups is 1. The number of aromatic nitrogens is 3. The van der Waals surface area contributed by atoms with Crippen LogP contribution in [0.5, 0.6) is 0 Å². The fourth-order valence-corrected chi connectivity index (χ4v) is 4.13. The molecule has 1 fully saturated rings. The first-order valence-electron chi connectivity index (χ1n) is 10.7. The van der Waals surface area contributed by atoms with Gasteiger partial charge in [0.15, 0.2) is 11.6 Å². The molecule has 0 saturated heterocycles. The van der Waals surface area contributed by atoms with Gasteiger partial charge in [-0.25, -0.2) is 0 Å². The highest BCUT2D eigenvalue weighted by Gasteiger charge is 2.31. The van der Waals surface area contributed by atoms with Crippen LogP contribution in [0, 0.1) is 5.41 Å². The number of hydrogen-bond donors (Lipinski definition) is 3. The lowest BCUT2D eigenvalue weighted by atomic mass is 9.72. The van der Waals surface area contributed by atoms with E-state index in [1.165, 1.54) is 32.1 Å². The lowest BCUT2D eigenvalue weighted by Crippen LogP contribution is -2.39. The summed E-state index contributed by atoms with van der Waals surface area (Å²) >= 11 is 0. The number of aliphatic hydroxyl groups excluding tert-OH is 1. The van der Waals surface area contributed by atoms with E-state index in [4.69, 9.17) is 4.99 Å². The van der Waals surface area contributed by atoms with Crippen molar-refractivity contribution in [2.75, 3.05) is 26.2 Å². The van der Waals surface area contributed by atoms with E-state index in [9.17, 15) is 5.11 Å². The molecule has 1 aliphatic carbocycles. The zero-order chi connectivity index (χ0) is 19.7. The van der Waals surface area contributed by atoms with Gasteiger partial charge in [-0.3, -0.25) is 9.39 Å². The third-order valence-corrected chi connectivity index (χ3v) is 5.73. The van der Waals surface area contributed by atoms with Crippen LogP contribution in [-0.4, -0.2) is 51.9 Å². The Labute approximate surface area is 167 Å². The SMILES string of the molecule is CCNC(=NCC1(CCO)CCCCC1)NCCCc1nnc2ccccn12. The lowest BCUT2D eigenvalue weighted by Gasteiger charge is -2.35. The smallest absolute Gasteiger partial charge is 0.191 e. The average molecular weight is 387 g/mol. The number of pyridine rings is 1. The summed E-state index contributed by atoms with van der Waals surface area (Å²) in [6, 6.07) is 5.95. The standard InChI is InChI=1S/C21H34N6O/c1-2-22-20(24-17-21(13-16-28)11-5-3-6-12-21)23-14-8-10-19-26-25-18-9-4-7-15-27(18)19/h4,7,9,15,28H,2-3,5-6,8,10-14,16-17H2,1H3,(H2,22,23,24). The molecule has 0 spiro atoms. The topological polar surface area (TPSA) is 86.8 Å². The minimum Gasteiger partial charge on any atom is -0.396 e. The normalized spacial score (nSPS) is 17.0. The van der Waals surface area contributed by atoms with Crippen LogP contribution in [0.4, 0.5) is 0 Å². The van der Waals surface area contributed by atoms with Gasteiger partial charge in [0, 0.05) is 38.9 Å². The van der Waals surface area contributed by atoms with Crippen molar-refractivity contribution in [3.05, 3.63) is 30.2 Å². The zero-order valence-electron chi connectivity index (χ0n) is 17.0. The second kappa shape index (κ2) is 10.4. The van der Waals surface area contributed by atoms with Gasteiger partial charge < -0.3 is 15.7 Å². The Morgan fingerprint density at radius 3 is 2.86 bits per heavy atom. The Bertz CT molecular complexity index is 745. The molecular formula is C21H34N6O. The van der Waals surface area contributed by atoms with Gasteiger partial charge in [-0.2, -0.15) is 0 Å². The number of rotatable bonds is 9. The van der Waals surface area contributed by atoms with Gasteiger partial charge in [-0.05, 0) is 50.2 Å². The van der Waals surface area contributed by atoms with Crippen LogP contribution in [0.2, 0.25) is 0 Å². The fourth-order valence-electron chi connectivity index (χ4n) is 4.13. The van der Waals surface area contributed by atoms with Crippen molar-refractivity contribution in [2.45, 2.75) is 58.3 Å². The van der Waals surface area contributed by atoms with Crippen molar-refractivity contribution in [3.8, 4) is 0 Å². The monoisotopic (exact) mass is 386 g/mol. The largest absolute Gasteiger partial charge is 0.396 e. The third-order valence-electron chi connectivity index (χ3n) is 5.73. The van der Waals surface area contributed by atoms with E-state index >= 15 is 0 Å². The van der Waals surface area contributed by atoms with Crippen LogP contribution >= 0.6 is 0 Å². The Morgan fingerprint density at radius 2 is 2.07 bits per heavy atom. The van der Waals surface area contributed by atoms with Crippen LogP contribution in [-0.2, 0) is 6.42 Å². The number of guanidine groups is 1. The van der Waals surface area contributed by atoms with Gasteiger partial charge in [-0.1, -0.05) is 25.3 Å². The van der Waals surface area contributed by atoms with E-state index in [0.717, 1.165) is 56.3 Å². The van der Waals surface area contributed by atoms with Crippen LogP contribution in [0.3, 0.4) is 0 Å². The van der Waals surface area contributed by atoms with Crippen LogP contribution < -0.4 is 10.6 Å². The second-order valence-corrected chi connectivity index (χ2v) is 7.80. The molecule has 154 valence electrons. The molecule has 0 bridgehead atoms. The minimum absolute atomic E-state index is 0.176. The summed E-state index contributed by atoms with van der Waals surface area (Å²) in [5.41, 5.74) is 1.07. The van der Waals surface area contributed by atoms with Crippen LogP contribution in [0.1, 0.15) is 57.7 Å². The van der Waals surface area contributed by atoms with Crippen molar-refractivity contribution in [3.63, 3.8) is 0 Å². The van der Waals surface area contributed by atoms with E-state index in [1.54, 1.807) is 0 Å². The van der Waals surface area contributed by atoms with Crippen LogP contribution in [0.25, 0.3) is 5.65 Å². The number of nitrogens with zero attached hydrogens (tertiary/aromatic N) is 4. The van der Waals surface area contributed by atoms with Crippen molar-refractivity contribution >= 4 is 11.6 Å². The summed E-state index contributed by atoms with van der Waals surface area (Å²) in [6.07, 6.45) is 10.9. The summed E-state index contributed by atoms with van der Waals surface area (Å²) in [5.74, 6) is 1.86. The molecule has 0 aromatic carbocycles. The molecule has 0 aliphatic heterocycles. The van der Waals surface area contributed by atoms with E-state index in [1.807, 2.05) is 28.8 Å². The molecule has 2 heterocycles. The predicted molar refractivity (Wildman–Crippen MR) is 113 cm³/mol. The summed E-state index contributed by atoms with van der Waals surface area (Å²) in [4.78, 5) is 4.86. The third kappa shape index (κ3) is 5.44. The number of nitrogens with one attached hydrogen (secondary N) is 2. The summed E-state index contributed by atoms with van der Waals surface area (Å²) in [5, 5.41) is 24.8. The highest BCUT2D eigenvalue weighted by molar-refractivity contribution is 5.79. The van der Waals surface area contributed by atoms with E-state index in [0.29, 0.717) is 0 Å². The zero-order valence-corrected chi connectivity index (χ0v) is 17.0. The van der Waals surface area contributed by atoms with Crippen molar-refractivity contribution in [2.24, 2.45) is 10.4 Å². The van der Waals surface area contributed by atoms with Gasteiger partial charge >= 0.3 is 0 Å². The molecule has 0 amide bonds. The quantitative estimate of drug-likeness (QED) is 0.350. The molecule has 28 heavy (non-hydrogen) atoms. The highest BCUT2D eigenvalue weighted by Crippen LogP contribution is 2.39. The first kappa shape index (κ1) is 20.6. The van der Waals surface area contributed by atoms with Crippen molar-refractivity contribution < 1.29 is 5.11 Å². The Kier molecular flexibility index (Phi) is 7.65. The molecular weight excluding hydrogens is 352 g/mol. The van der Waals surface area contributed by atoms with Gasteiger partial charge in [0.05, 0.1) is 0 Å². The van der Waals surface area contributed by atoms with E-state index in [2.05, 4.69) is 27.8 Å². The molecule has 3 rings (SSSR count). The number of aryl methyl sites for hydroxylation is 1. The van der Waals surface area contributed by atoms with Crippen molar-refractivity contribution in [1.29, 1.82) is 0 Å². The molecule has 3 N–H and O–H groups in total. The van der Waals surface area contributed by atoms with Crippen LogP contribution in [0.15, 0.2) is 29.4 Å². The van der Waals surface area contributed by atoms with E-state index < -0.39 is 0 Å². The molecule has 7 nitrogen and oxygen atoms in total. The first-order valence-corrected chi connectivity index (χ1v) is 10.7. The van der Waals surface area contributed by atoms with Gasteiger partial charge in [0.25, 0.3) is 0 Å². The molecule has 7 heteroatoms. The number of fused-ring (bicyclic) bond motifs is 1. The maximum atomic E-state index is 9.50. The molecule has 0 unspecified atom stereocenters. The maximum Gasteiger partial charge on any atom is 0.191 e. The second-order valence-electron chi connectivity index (χ2n) is 7.80. The van der Waals surface area contributed by atoms with Gasteiger partial charge in [-0.15, -0.1) is 10.2 Å². The molecule has 1 aliphatic rings. The summed E-state index contributed by atoms with van der Waals surface area (Å²) < 4.78 is 2.04. The predicted octanol–water partition coefficient (Wildman–Crippen LogP) is 2.55. The highest BCUT2D eigenvalue weighted by atomic mass is 16.3. The van der Waals surface area contributed by atoms with E-state index in [-0.39, 0.29) is 12.0 Å². The minimum atomic E-state index is 0.176. The summed E-state index contributed by atoms with van der Waals surface area (Å²) in [7, 11) is 0. The molecule has 0 radical (unpaired) electrons. The van der Waals surface area contributed by atoms with Gasteiger partial charge in [0.1, 0.15) is 5.82 Å².